The van der Waals surface area contributed by atoms with E-state index in [1.165, 1.54) is 0 Å². The summed E-state index contributed by atoms with van der Waals surface area (Å²) in [5.41, 5.74) is 0. The highest BCUT2D eigenvalue weighted by Gasteiger charge is 2.52. The van der Waals surface area contributed by atoms with E-state index >= 15 is 0 Å². The zero-order chi connectivity index (χ0) is 8.89. The van der Waals surface area contributed by atoms with Gasteiger partial charge in [-0.05, 0) is 0 Å². The van der Waals surface area contributed by atoms with Crippen molar-refractivity contribution in [2.45, 2.75) is 18.6 Å². The zero-order valence-electron chi connectivity index (χ0n) is 7.36. The van der Waals surface area contributed by atoms with Crippen molar-refractivity contribution in [3.8, 4) is 0 Å². The van der Waals surface area contributed by atoms with Crippen LogP contribution in [-0.2, 0) is 14.3 Å². The van der Waals surface area contributed by atoms with Gasteiger partial charge in [-0.1, -0.05) is 12.2 Å². The van der Waals surface area contributed by atoms with Crippen LogP contribution in [0.15, 0.2) is 12.2 Å². The largest absolute Gasteiger partial charge is 0.347 e. The monoisotopic (exact) mass is 180 g/mol. The van der Waals surface area contributed by atoms with Crippen LogP contribution in [0.3, 0.4) is 0 Å². The van der Waals surface area contributed by atoms with Gasteiger partial charge in [-0.15, -0.1) is 0 Å². The van der Waals surface area contributed by atoms with Crippen LogP contribution in [0.5, 0.6) is 0 Å². The summed E-state index contributed by atoms with van der Waals surface area (Å²) in [6.45, 7) is 1.34. The van der Waals surface area contributed by atoms with Crippen molar-refractivity contribution in [1.29, 1.82) is 0 Å². The number of ketones is 1. The normalized spacial score (nSPS) is 40.5. The predicted octanol–water partition coefficient (Wildman–Crippen LogP) is 0.895. The fourth-order valence-corrected chi connectivity index (χ4v) is 2.56. The lowest BCUT2D eigenvalue weighted by molar-refractivity contribution is -0.210. The molecule has 2 atom stereocenters. The second kappa shape index (κ2) is 2.42. The molecule has 1 saturated heterocycles. The predicted molar refractivity (Wildman–Crippen MR) is 45.0 cm³/mol. The lowest BCUT2D eigenvalue weighted by atomic mass is 9.71. The van der Waals surface area contributed by atoms with Gasteiger partial charge in [0.25, 0.3) is 0 Å². The van der Waals surface area contributed by atoms with E-state index in [0.29, 0.717) is 25.4 Å². The molecular formula is C10H12O3. The van der Waals surface area contributed by atoms with Crippen molar-refractivity contribution < 1.29 is 14.3 Å². The van der Waals surface area contributed by atoms with Gasteiger partial charge in [0.15, 0.2) is 5.79 Å². The minimum Gasteiger partial charge on any atom is -0.347 e. The first-order valence-electron chi connectivity index (χ1n) is 4.79. The number of rotatable bonds is 0. The SMILES string of the molecule is O=C1C[C@H]2C=C[C@H]1CC21OCCO1. The van der Waals surface area contributed by atoms with Crippen molar-refractivity contribution in [2.24, 2.45) is 11.8 Å². The Kier molecular flexibility index (Phi) is 1.44. The van der Waals surface area contributed by atoms with Crippen LogP contribution in [0.25, 0.3) is 0 Å². The summed E-state index contributed by atoms with van der Waals surface area (Å²) < 4.78 is 11.3. The van der Waals surface area contributed by atoms with E-state index in [4.69, 9.17) is 9.47 Å². The summed E-state index contributed by atoms with van der Waals surface area (Å²) in [7, 11) is 0. The number of carbonyl (C=O) groups excluding carboxylic acids is 1. The van der Waals surface area contributed by atoms with Crippen molar-refractivity contribution in [1.82, 2.24) is 0 Å². The molecule has 70 valence electrons. The second-order valence-electron chi connectivity index (χ2n) is 3.98. The Balaban J connectivity index is 1.96. The Morgan fingerprint density at radius 3 is 2.62 bits per heavy atom. The number of allylic oxidation sites excluding steroid dienone is 1. The molecule has 1 saturated carbocycles. The Labute approximate surface area is 76.7 Å². The fourth-order valence-electron chi connectivity index (χ4n) is 2.56. The number of fused-ring (bicyclic) bond motifs is 1. The van der Waals surface area contributed by atoms with Crippen molar-refractivity contribution >= 4 is 5.78 Å². The molecule has 1 spiro atoms. The van der Waals surface area contributed by atoms with Gasteiger partial charge in [0.1, 0.15) is 5.78 Å². The molecule has 2 bridgehead atoms. The van der Waals surface area contributed by atoms with Crippen LogP contribution < -0.4 is 0 Å². The summed E-state index contributed by atoms with van der Waals surface area (Å²) >= 11 is 0. The maximum atomic E-state index is 11.4. The molecule has 3 nitrogen and oxygen atoms in total. The molecule has 3 aliphatic carbocycles. The standard InChI is InChI=1S/C10H12O3/c11-9-5-8-2-1-7(9)6-10(8)12-3-4-13-10/h1-2,7-8H,3-6H2/t7-,8+/m0/s1. The molecule has 0 aromatic carbocycles. The highest BCUT2D eigenvalue weighted by atomic mass is 16.7. The topological polar surface area (TPSA) is 35.5 Å². The van der Waals surface area contributed by atoms with Crippen molar-refractivity contribution in [3.05, 3.63) is 12.2 Å². The summed E-state index contributed by atoms with van der Waals surface area (Å²) in [4.78, 5) is 11.4. The van der Waals surface area contributed by atoms with Crippen LogP contribution in [0.1, 0.15) is 12.8 Å². The van der Waals surface area contributed by atoms with Crippen LogP contribution in [0.4, 0.5) is 0 Å². The van der Waals surface area contributed by atoms with Crippen LogP contribution in [0.2, 0.25) is 0 Å². The van der Waals surface area contributed by atoms with Gasteiger partial charge in [0.2, 0.25) is 0 Å². The van der Waals surface area contributed by atoms with E-state index in [1.54, 1.807) is 0 Å². The van der Waals surface area contributed by atoms with Crippen LogP contribution in [-0.4, -0.2) is 24.8 Å². The molecule has 0 unspecified atom stereocenters. The molecular weight excluding hydrogens is 168 g/mol. The summed E-state index contributed by atoms with van der Waals surface area (Å²) in [6, 6.07) is 0. The molecule has 13 heavy (non-hydrogen) atoms. The smallest absolute Gasteiger partial charge is 0.176 e. The molecule has 0 radical (unpaired) electrons. The molecule has 1 aliphatic heterocycles. The van der Waals surface area contributed by atoms with Gasteiger partial charge in [-0.2, -0.15) is 0 Å². The first-order chi connectivity index (χ1) is 6.30. The van der Waals surface area contributed by atoms with Crippen molar-refractivity contribution in [3.63, 3.8) is 0 Å². The van der Waals surface area contributed by atoms with E-state index in [0.717, 1.165) is 6.42 Å². The molecule has 0 amide bonds. The zero-order valence-corrected chi connectivity index (χ0v) is 7.36. The Morgan fingerprint density at radius 1 is 1.31 bits per heavy atom. The van der Waals surface area contributed by atoms with Crippen molar-refractivity contribution in [2.75, 3.05) is 13.2 Å². The molecule has 3 heteroatoms. The first kappa shape index (κ1) is 7.71. The van der Waals surface area contributed by atoms with E-state index in [9.17, 15) is 4.79 Å². The van der Waals surface area contributed by atoms with E-state index < -0.39 is 5.79 Å². The second-order valence-corrected chi connectivity index (χ2v) is 3.98. The van der Waals surface area contributed by atoms with Gasteiger partial charge in [-0.25, -0.2) is 0 Å². The number of hydrogen-bond donors (Lipinski definition) is 0. The number of carbonyl (C=O) groups is 1. The number of hydrogen-bond acceptors (Lipinski definition) is 3. The Bertz CT molecular complexity index is 276. The van der Waals surface area contributed by atoms with Gasteiger partial charge < -0.3 is 9.47 Å². The highest BCUT2D eigenvalue weighted by molar-refractivity contribution is 5.85. The van der Waals surface area contributed by atoms with Gasteiger partial charge in [0, 0.05) is 24.7 Å². The average Bonchev–Trinajstić information content (AvgIpc) is 2.57. The van der Waals surface area contributed by atoms with Crippen LogP contribution >= 0.6 is 0 Å². The highest BCUT2D eigenvalue weighted by Crippen LogP contribution is 2.46. The van der Waals surface area contributed by atoms with Crippen LogP contribution in [0, 0.1) is 11.8 Å². The van der Waals surface area contributed by atoms with E-state index in [-0.39, 0.29) is 11.8 Å². The maximum Gasteiger partial charge on any atom is 0.176 e. The summed E-state index contributed by atoms with van der Waals surface area (Å²) in [5.74, 6) is 0.112. The average molecular weight is 180 g/mol. The maximum absolute atomic E-state index is 11.4. The summed E-state index contributed by atoms with van der Waals surface area (Å²) in [6.07, 6.45) is 5.42. The Morgan fingerprint density at radius 2 is 2.08 bits per heavy atom. The van der Waals surface area contributed by atoms with E-state index in [2.05, 4.69) is 6.08 Å². The number of ether oxygens (including phenoxy) is 2. The lowest BCUT2D eigenvalue weighted by Crippen LogP contribution is -2.49. The lowest BCUT2D eigenvalue weighted by Gasteiger charge is -2.43. The molecule has 0 N–H and O–H groups in total. The molecule has 0 aromatic rings. The minimum atomic E-state index is -0.437. The quantitative estimate of drug-likeness (QED) is 0.519. The van der Waals surface area contributed by atoms with Gasteiger partial charge in [-0.3, -0.25) is 4.79 Å². The van der Waals surface area contributed by atoms with Gasteiger partial charge >= 0.3 is 0 Å². The third kappa shape index (κ3) is 0.944. The minimum absolute atomic E-state index is 0.0445. The molecule has 0 aromatic heterocycles. The van der Waals surface area contributed by atoms with E-state index in [1.807, 2.05) is 6.08 Å². The number of Topliss-reactive ketones (excluding diaryl/α,β-unsaturated/α-hetero) is 1. The molecule has 4 rings (SSSR count). The third-order valence-corrected chi connectivity index (χ3v) is 3.26. The first-order valence-corrected chi connectivity index (χ1v) is 4.79. The molecule has 1 heterocycles. The molecule has 2 fully saturated rings. The fraction of sp³-hybridized carbons (Fsp3) is 0.700. The Hall–Kier alpha value is -0.670. The van der Waals surface area contributed by atoms with Gasteiger partial charge in [0.05, 0.1) is 13.2 Å². The third-order valence-electron chi connectivity index (χ3n) is 3.26. The molecule has 4 aliphatic rings. The summed E-state index contributed by atoms with van der Waals surface area (Å²) in [5, 5.41) is 0.